The minimum atomic E-state index is -1.73. The molecule has 1 aliphatic rings. The molecule has 0 radical (unpaired) electrons. The summed E-state index contributed by atoms with van der Waals surface area (Å²) in [6.45, 7) is 5.54. The molecular weight excluding hydrogens is 295 g/mol. The number of rotatable bonds is 2. The van der Waals surface area contributed by atoms with Crippen LogP contribution < -0.4 is 0 Å². The molecule has 8 heteroatoms. The predicted octanol–water partition coefficient (Wildman–Crippen LogP) is 3.03. The van der Waals surface area contributed by atoms with Gasteiger partial charge in [0.25, 0.3) is 9.03 Å². The zero-order valence-corrected chi connectivity index (χ0v) is 12.0. The molecule has 1 heterocycles. The highest BCUT2D eigenvalue weighted by Gasteiger charge is 2.52. The lowest BCUT2D eigenvalue weighted by Gasteiger charge is -2.25. The number of alkyl halides is 3. The molecule has 0 bridgehead atoms. The van der Waals surface area contributed by atoms with E-state index in [1.54, 1.807) is 20.8 Å². The number of urea groups is 1. The maximum atomic E-state index is 12.0. The number of carbonyl (C=O) groups excluding carboxylic acids is 2. The summed E-state index contributed by atoms with van der Waals surface area (Å²) < 4.78 is -0.832. The lowest BCUT2D eigenvalue weighted by molar-refractivity contribution is -0.128. The van der Waals surface area contributed by atoms with Crippen molar-refractivity contribution in [3.63, 3.8) is 0 Å². The van der Waals surface area contributed by atoms with E-state index < -0.39 is 14.7 Å². The van der Waals surface area contributed by atoms with Gasteiger partial charge in [0.1, 0.15) is 5.54 Å². The molecule has 1 saturated heterocycles. The number of hydrogen-bond donors (Lipinski definition) is 0. The van der Waals surface area contributed by atoms with E-state index in [-0.39, 0.29) is 5.91 Å². The predicted molar refractivity (Wildman–Crippen MR) is 66.6 cm³/mol. The molecule has 0 aromatic carbocycles. The van der Waals surface area contributed by atoms with E-state index in [1.165, 1.54) is 4.90 Å². The quantitative estimate of drug-likeness (QED) is 0.447. The topological polar surface area (TPSA) is 40.6 Å². The van der Waals surface area contributed by atoms with Crippen molar-refractivity contribution in [2.45, 2.75) is 29.4 Å². The molecule has 0 aromatic rings. The summed E-state index contributed by atoms with van der Waals surface area (Å²) in [5.74, 6) is -0.379. The van der Waals surface area contributed by atoms with Crippen molar-refractivity contribution >= 4 is 58.7 Å². The summed E-state index contributed by atoms with van der Waals surface area (Å²) in [5, 5.41) is 0. The molecule has 92 valence electrons. The molecule has 0 unspecified atom stereocenters. The summed E-state index contributed by atoms with van der Waals surface area (Å²) >= 11 is 17.3. The minimum Gasteiger partial charge on any atom is -0.310 e. The van der Waals surface area contributed by atoms with Crippen LogP contribution in [0, 0.1) is 0 Å². The van der Waals surface area contributed by atoms with Crippen LogP contribution in [-0.2, 0) is 4.79 Å². The van der Waals surface area contributed by atoms with Crippen LogP contribution in [0.2, 0.25) is 0 Å². The van der Waals surface area contributed by atoms with Gasteiger partial charge in [-0.15, -0.1) is 0 Å². The molecule has 1 aliphatic heterocycles. The summed E-state index contributed by atoms with van der Waals surface area (Å²) in [4.78, 5) is 25.3. The second-order valence-corrected chi connectivity index (χ2v) is 7.84. The fourth-order valence-corrected chi connectivity index (χ4v) is 2.83. The molecule has 4 nitrogen and oxygen atoms in total. The van der Waals surface area contributed by atoms with Gasteiger partial charge in [0.05, 0.1) is 0 Å². The molecule has 3 amide bonds. The van der Waals surface area contributed by atoms with Crippen LogP contribution >= 0.6 is 46.8 Å². The first-order chi connectivity index (χ1) is 7.11. The van der Waals surface area contributed by atoms with Gasteiger partial charge in [-0.3, -0.25) is 4.79 Å². The third-order valence-electron chi connectivity index (χ3n) is 2.30. The van der Waals surface area contributed by atoms with Crippen molar-refractivity contribution in [1.82, 2.24) is 9.21 Å². The fourth-order valence-electron chi connectivity index (χ4n) is 1.51. The Balaban J connectivity index is 2.98. The number of halogens is 3. The van der Waals surface area contributed by atoms with Crippen LogP contribution in [0.25, 0.3) is 0 Å². The lowest BCUT2D eigenvalue weighted by Crippen LogP contribution is -2.43. The van der Waals surface area contributed by atoms with Gasteiger partial charge in [0.15, 0.2) is 0 Å². The van der Waals surface area contributed by atoms with Crippen LogP contribution in [0.1, 0.15) is 20.8 Å². The van der Waals surface area contributed by atoms with Crippen LogP contribution in [0.3, 0.4) is 0 Å². The first-order valence-electron chi connectivity index (χ1n) is 4.53. The minimum absolute atomic E-state index is 0.379. The Kier molecular flexibility index (Phi) is 3.95. The molecule has 0 aliphatic carbocycles. The molecule has 0 spiro atoms. The summed E-state index contributed by atoms with van der Waals surface area (Å²) in [7, 11) is 0. The van der Waals surface area contributed by atoms with E-state index in [0.29, 0.717) is 18.5 Å². The summed E-state index contributed by atoms with van der Waals surface area (Å²) in [6, 6.07) is -0.450. The second kappa shape index (κ2) is 4.44. The number of nitrogens with zero attached hydrogens (tertiary/aromatic N) is 2. The Hall–Kier alpha value is 0.160. The Morgan fingerprint density at radius 2 is 1.81 bits per heavy atom. The Morgan fingerprint density at radius 1 is 1.31 bits per heavy atom. The van der Waals surface area contributed by atoms with Gasteiger partial charge in [0, 0.05) is 18.5 Å². The van der Waals surface area contributed by atoms with Crippen molar-refractivity contribution < 1.29 is 9.59 Å². The number of likely N-dealkylation sites (N-methyl/N-ethyl adjacent to an activating group) is 1. The zero-order chi connectivity index (χ0) is 12.7. The van der Waals surface area contributed by atoms with Crippen LogP contribution in [0.5, 0.6) is 0 Å². The molecule has 1 fully saturated rings. The molecule has 1 rings (SSSR count). The van der Waals surface area contributed by atoms with Gasteiger partial charge < -0.3 is 4.90 Å². The van der Waals surface area contributed by atoms with Crippen LogP contribution in [-0.4, -0.2) is 36.4 Å². The lowest BCUT2D eigenvalue weighted by atomic mass is 10.1. The highest BCUT2D eigenvalue weighted by molar-refractivity contribution is 8.03. The van der Waals surface area contributed by atoms with Crippen LogP contribution in [0.4, 0.5) is 4.79 Å². The van der Waals surface area contributed by atoms with Gasteiger partial charge in [-0.05, 0) is 20.8 Å². The molecule has 16 heavy (non-hydrogen) atoms. The third-order valence-corrected chi connectivity index (χ3v) is 3.63. The van der Waals surface area contributed by atoms with Gasteiger partial charge in [0.2, 0.25) is 0 Å². The average Bonchev–Trinajstić information content (AvgIpc) is 2.25. The standard InChI is InChI=1S/C8H11Cl3N2O2S/c1-4-12-6(15)13(16-8(9,10)11)5(14)7(12,2)3/h4H2,1-3H3. The van der Waals surface area contributed by atoms with Crippen molar-refractivity contribution in [3.05, 3.63) is 0 Å². The highest BCUT2D eigenvalue weighted by Crippen LogP contribution is 2.44. The molecule has 0 atom stereocenters. The number of imide groups is 1. The first-order valence-corrected chi connectivity index (χ1v) is 6.44. The number of hydrogen-bond acceptors (Lipinski definition) is 3. The smallest absolute Gasteiger partial charge is 0.310 e. The molecular formula is C8H11Cl3N2O2S. The Bertz CT molecular complexity index is 330. The summed E-state index contributed by atoms with van der Waals surface area (Å²) in [6.07, 6.45) is 0. The number of carbonyl (C=O) groups is 2. The normalized spacial score (nSPS) is 20.9. The Morgan fingerprint density at radius 3 is 2.12 bits per heavy atom. The van der Waals surface area contributed by atoms with E-state index in [2.05, 4.69) is 0 Å². The van der Waals surface area contributed by atoms with E-state index in [4.69, 9.17) is 34.8 Å². The van der Waals surface area contributed by atoms with E-state index in [0.717, 1.165) is 4.31 Å². The zero-order valence-electron chi connectivity index (χ0n) is 8.96. The third kappa shape index (κ3) is 2.53. The van der Waals surface area contributed by atoms with Gasteiger partial charge in [-0.25, -0.2) is 4.79 Å². The average molecular weight is 306 g/mol. The van der Waals surface area contributed by atoms with Crippen molar-refractivity contribution in [3.8, 4) is 0 Å². The van der Waals surface area contributed by atoms with Gasteiger partial charge >= 0.3 is 6.03 Å². The fraction of sp³-hybridized carbons (Fsp3) is 0.750. The van der Waals surface area contributed by atoms with E-state index in [9.17, 15) is 9.59 Å². The van der Waals surface area contributed by atoms with Crippen LogP contribution in [0.15, 0.2) is 0 Å². The van der Waals surface area contributed by atoms with Gasteiger partial charge in [-0.2, -0.15) is 4.31 Å². The summed E-state index contributed by atoms with van der Waals surface area (Å²) in [5.41, 5.74) is -0.894. The van der Waals surface area contributed by atoms with Crippen molar-refractivity contribution in [1.29, 1.82) is 0 Å². The van der Waals surface area contributed by atoms with Crippen molar-refractivity contribution in [2.24, 2.45) is 0 Å². The van der Waals surface area contributed by atoms with Crippen molar-refractivity contribution in [2.75, 3.05) is 6.54 Å². The maximum Gasteiger partial charge on any atom is 0.338 e. The second-order valence-electron chi connectivity index (χ2n) is 3.72. The molecule has 0 saturated carbocycles. The Labute approximate surface area is 113 Å². The van der Waals surface area contributed by atoms with Gasteiger partial charge in [-0.1, -0.05) is 34.8 Å². The highest BCUT2D eigenvalue weighted by atomic mass is 35.6. The maximum absolute atomic E-state index is 12.0. The molecule has 0 N–H and O–H groups in total. The molecule has 0 aromatic heterocycles. The SMILES string of the molecule is CCN1C(=O)N(SC(Cl)(Cl)Cl)C(=O)C1(C)C. The van der Waals surface area contributed by atoms with E-state index in [1.807, 2.05) is 0 Å². The monoisotopic (exact) mass is 304 g/mol. The largest absolute Gasteiger partial charge is 0.338 e. The van der Waals surface area contributed by atoms with E-state index >= 15 is 0 Å². The number of amides is 3. The first kappa shape index (κ1) is 14.2.